The van der Waals surface area contributed by atoms with Crippen molar-refractivity contribution in [3.63, 3.8) is 0 Å². The van der Waals surface area contributed by atoms with Gasteiger partial charge in [-0.2, -0.15) is 17.5 Å². The minimum absolute atomic E-state index is 0. The SMILES string of the molecule is CN=C(NCc1ccnc(N(C)C)c1)NC1CCN(S(=O)(=O)C(F)(F)F)CC1.I. The predicted octanol–water partition coefficient (Wildman–Crippen LogP) is 1.74. The summed E-state index contributed by atoms with van der Waals surface area (Å²) in [6, 6.07) is 3.63. The number of piperidine rings is 1. The number of alkyl halides is 3. The molecule has 29 heavy (non-hydrogen) atoms. The van der Waals surface area contributed by atoms with Gasteiger partial charge in [0.15, 0.2) is 5.96 Å². The molecule has 0 radical (unpaired) electrons. The van der Waals surface area contributed by atoms with Gasteiger partial charge in [0, 0.05) is 53.0 Å². The molecule has 1 aromatic rings. The smallest absolute Gasteiger partial charge is 0.363 e. The van der Waals surface area contributed by atoms with Crippen LogP contribution in [0.3, 0.4) is 0 Å². The van der Waals surface area contributed by atoms with Crippen LogP contribution in [-0.4, -0.2) is 69.4 Å². The summed E-state index contributed by atoms with van der Waals surface area (Å²) in [5.41, 5.74) is -4.27. The quantitative estimate of drug-likeness (QED) is 0.330. The summed E-state index contributed by atoms with van der Waals surface area (Å²) in [4.78, 5) is 10.2. The van der Waals surface area contributed by atoms with E-state index in [9.17, 15) is 21.6 Å². The zero-order valence-corrected chi connectivity index (χ0v) is 19.5. The van der Waals surface area contributed by atoms with Crippen molar-refractivity contribution in [3.8, 4) is 0 Å². The van der Waals surface area contributed by atoms with Gasteiger partial charge < -0.3 is 15.5 Å². The van der Waals surface area contributed by atoms with E-state index in [-0.39, 0.29) is 55.9 Å². The molecule has 2 N–H and O–H groups in total. The first-order valence-electron chi connectivity index (χ1n) is 8.70. The van der Waals surface area contributed by atoms with Crippen molar-refractivity contribution in [3.05, 3.63) is 23.9 Å². The number of hydrogen-bond donors (Lipinski definition) is 2. The molecule has 2 rings (SSSR count). The summed E-state index contributed by atoms with van der Waals surface area (Å²) >= 11 is 0. The monoisotopic (exact) mass is 550 g/mol. The van der Waals surface area contributed by atoms with Crippen LogP contribution in [0.1, 0.15) is 18.4 Å². The zero-order chi connectivity index (χ0) is 20.9. The normalized spacial score (nSPS) is 16.8. The van der Waals surface area contributed by atoms with Gasteiger partial charge in [-0.15, -0.1) is 24.0 Å². The Morgan fingerprint density at radius 1 is 1.34 bits per heavy atom. The summed E-state index contributed by atoms with van der Waals surface area (Å²) in [5.74, 6) is 1.32. The number of guanidine groups is 1. The fraction of sp³-hybridized carbons (Fsp3) is 0.625. The minimum Gasteiger partial charge on any atom is -0.363 e. The van der Waals surface area contributed by atoms with Crippen LogP contribution in [0.5, 0.6) is 0 Å². The number of hydrogen-bond acceptors (Lipinski definition) is 5. The first kappa shape index (κ1) is 25.7. The van der Waals surface area contributed by atoms with E-state index in [0.717, 1.165) is 11.4 Å². The number of aromatic nitrogens is 1. The Morgan fingerprint density at radius 3 is 2.48 bits per heavy atom. The second kappa shape index (κ2) is 10.6. The van der Waals surface area contributed by atoms with E-state index in [1.165, 1.54) is 0 Å². The van der Waals surface area contributed by atoms with Crippen LogP contribution >= 0.6 is 24.0 Å². The fourth-order valence-corrected chi connectivity index (χ4v) is 3.76. The molecule has 0 spiro atoms. The van der Waals surface area contributed by atoms with E-state index in [0.29, 0.717) is 16.8 Å². The number of nitrogens with zero attached hydrogens (tertiary/aromatic N) is 4. The highest BCUT2D eigenvalue weighted by atomic mass is 127. The summed E-state index contributed by atoms with van der Waals surface area (Å²) in [7, 11) is 0.117. The summed E-state index contributed by atoms with van der Waals surface area (Å²) < 4.78 is 61.3. The molecule has 0 bridgehead atoms. The van der Waals surface area contributed by atoms with Gasteiger partial charge in [0.2, 0.25) is 0 Å². The van der Waals surface area contributed by atoms with Gasteiger partial charge in [-0.3, -0.25) is 4.99 Å². The van der Waals surface area contributed by atoms with Crippen molar-refractivity contribution in [2.75, 3.05) is 39.1 Å². The molecule has 0 atom stereocenters. The summed E-state index contributed by atoms with van der Waals surface area (Å²) in [6.07, 6.45) is 2.23. The maximum Gasteiger partial charge on any atom is 0.511 e. The lowest BCUT2D eigenvalue weighted by molar-refractivity contribution is -0.0494. The number of nitrogens with one attached hydrogen (secondary N) is 2. The van der Waals surface area contributed by atoms with E-state index >= 15 is 0 Å². The molecule has 0 amide bonds. The average molecular weight is 550 g/mol. The number of sulfonamides is 1. The van der Waals surface area contributed by atoms with Crippen molar-refractivity contribution in [2.45, 2.75) is 30.9 Å². The molecule has 0 unspecified atom stereocenters. The molecule has 8 nitrogen and oxygen atoms in total. The molecular weight excluding hydrogens is 524 g/mol. The van der Waals surface area contributed by atoms with Gasteiger partial charge in [0.1, 0.15) is 5.82 Å². The van der Waals surface area contributed by atoms with Crippen LogP contribution in [0, 0.1) is 0 Å². The highest BCUT2D eigenvalue weighted by molar-refractivity contribution is 14.0. The van der Waals surface area contributed by atoms with E-state index in [4.69, 9.17) is 0 Å². The van der Waals surface area contributed by atoms with Crippen molar-refractivity contribution in [1.29, 1.82) is 0 Å². The molecule has 0 saturated carbocycles. The van der Waals surface area contributed by atoms with E-state index < -0.39 is 15.5 Å². The van der Waals surface area contributed by atoms with Gasteiger partial charge >= 0.3 is 15.5 Å². The molecule has 1 aliphatic heterocycles. The summed E-state index contributed by atoms with van der Waals surface area (Å²) in [5, 5.41) is 6.28. The maximum absolute atomic E-state index is 12.6. The molecule has 166 valence electrons. The largest absolute Gasteiger partial charge is 0.511 e. The van der Waals surface area contributed by atoms with Gasteiger partial charge in [0.05, 0.1) is 0 Å². The molecule has 1 aromatic heterocycles. The zero-order valence-electron chi connectivity index (χ0n) is 16.4. The van der Waals surface area contributed by atoms with Crippen molar-refractivity contribution < 1.29 is 21.6 Å². The number of anilines is 1. The Balaban J connectivity index is 0.00000420. The molecule has 1 fully saturated rings. The first-order chi connectivity index (χ1) is 13.0. The second-order valence-electron chi connectivity index (χ2n) is 6.61. The number of halogens is 4. The lowest BCUT2D eigenvalue weighted by Gasteiger charge is -2.32. The Kier molecular flexibility index (Phi) is 9.40. The minimum atomic E-state index is -5.26. The first-order valence-corrected chi connectivity index (χ1v) is 10.1. The van der Waals surface area contributed by atoms with E-state index in [2.05, 4.69) is 20.6 Å². The fourth-order valence-electron chi connectivity index (χ4n) is 2.78. The molecule has 0 aromatic carbocycles. The Labute approximate surface area is 186 Å². The van der Waals surface area contributed by atoms with Gasteiger partial charge in [-0.25, -0.2) is 13.4 Å². The summed E-state index contributed by atoms with van der Waals surface area (Å²) in [6.45, 7) is 0.116. The molecule has 0 aliphatic carbocycles. The van der Waals surface area contributed by atoms with Crippen LogP contribution < -0.4 is 15.5 Å². The van der Waals surface area contributed by atoms with Crippen LogP contribution in [0.4, 0.5) is 19.0 Å². The number of rotatable bonds is 5. The van der Waals surface area contributed by atoms with E-state index in [1.807, 2.05) is 31.1 Å². The Hall–Kier alpha value is -1.35. The van der Waals surface area contributed by atoms with Crippen LogP contribution in [0.25, 0.3) is 0 Å². The van der Waals surface area contributed by atoms with Gasteiger partial charge in [0.25, 0.3) is 0 Å². The van der Waals surface area contributed by atoms with Crippen molar-refractivity contribution in [1.82, 2.24) is 19.9 Å². The molecule has 1 aliphatic rings. The van der Waals surface area contributed by atoms with Gasteiger partial charge in [-0.1, -0.05) is 0 Å². The third-order valence-corrected chi connectivity index (χ3v) is 6.01. The lowest BCUT2D eigenvalue weighted by Crippen LogP contribution is -2.51. The molecular formula is C16H26F3IN6O2S. The highest BCUT2D eigenvalue weighted by Crippen LogP contribution is 2.28. The molecule has 2 heterocycles. The average Bonchev–Trinajstić information content (AvgIpc) is 2.64. The molecule has 1 saturated heterocycles. The number of aliphatic imine (C=N–C) groups is 1. The Morgan fingerprint density at radius 2 is 1.97 bits per heavy atom. The lowest BCUT2D eigenvalue weighted by atomic mass is 10.1. The van der Waals surface area contributed by atoms with Gasteiger partial charge in [-0.05, 0) is 30.5 Å². The van der Waals surface area contributed by atoms with Crippen LogP contribution in [0.2, 0.25) is 0 Å². The third kappa shape index (κ3) is 6.84. The second-order valence-corrected chi connectivity index (χ2v) is 8.54. The topological polar surface area (TPSA) is 89.9 Å². The molecule has 13 heteroatoms. The van der Waals surface area contributed by atoms with Crippen LogP contribution in [0.15, 0.2) is 23.3 Å². The maximum atomic E-state index is 12.6. The van der Waals surface area contributed by atoms with Crippen molar-refractivity contribution >= 4 is 45.8 Å². The van der Waals surface area contributed by atoms with Crippen LogP contribution in [-0.2, 0) is 16.6 Å². The Bertz CT molecular complexity index is 796. The predicted molar refractivity (Wildman–Crippen MR) is 117 cm³/mol. The van der Waals surface area contributed by atoms with E-state index in [1.54, 1.807) is 13.2 Å². The number of pyridine rings is 1. The standard InChI is InChI=1S/C16H25F3N6O2S.HI/c1-20-15(22-11-12-4-7-21-14(10-12)24(2)3)23-13-5-8-25(9-6-13)28(26,27)16(17,18)19;/h4,7,10,13H,5-6,8-9,11H2,1-3H3,(H2,20,22,23);1H. The third-order valence-electron chi connectivity index (χ3n) is 4.38. The van der Waals surface area contributed by atoms with Crippen molar-refractivity contribution in [2.24, 2.45) is 4.99 Å². The highest BCUT2D eigenvalue weighted by Gasteiger charge is 2.50.